The molecule has 1 heterocycles. The highest BCUT2D eigenvalue weighted by molar-refractivity contribution is 7.14. The van der Waals surface area contributed by atoms with Crippen LogP contribution in [0.1, 0.15) is 40.2 Å². The first kappa shape index (κ1) is 12.7. The van der Waals surface area contributed by atoms with Crippen LogP contribution in [0.4, 0.5) is 0 Å². The Morgan fingerprint density at radius 2 is 2.05 bits per heavy atom. The molecule has 1 aromatic heterocycles. The van der Waals surface area contributed by atoms with E-state index >= 15 is 0 Å². The number of hydrogen-bond acceptors (Lipinski definition) is 3. The van der Waals surface area contributed by atoms with Gasteiger partial charge in [0.05, 0.1) is 16.3 Å². The molecule has 4 heteroatoms. The second-order valence-corrected chi connectivity index (χ2v) is 6.43. The summed E-state index contributed by atoms with van der Waals surface area (Å²) in [6.45, 7) is 0.352. The minimum absolute atomic E-state index is 0.0644. The quantitative estimate of drug-likeness (QED) is 0.825. The first-order chi connectivity index (χ1) is 9.28. The fraction of sp³-hybridized carbons (Fsp3) is 0.533. The summed E-state index contributed by atoms with van der Waals surface area (Å²) >= 11 is 1.45. The van der Waals surface area contributed by atoms with E-state index in [0.29, 0.717) is 12.6 Å². The Balaban J connectivity index is 1.64. The largest absolute Gasteiger partial charge is 0.348 e. The second kappa shape index (κ2) is 5.36. The number of nitrogens with one attached hydrogen (secondary N) is 1. The number of amides is 1. The van der Waals surface area contributed by atoms with Gasteiger partial charge in [-0.1, -0.05) is 11.8 Å². The van der Waals surface area contributed by atoms with Crippen molar-refractivity contribution in [3.8, 4) is 11.8 Å². The lowest BCUT2D eigenvalue weighted by Crippen LogP contribution is -2.37. The molecule has 0 bridgehead atoms. The van der Waals surface area contributed by atoms with Gasteiger partial charge < -0.3 is 11.1 Å². The Morgan fingerprint density at radius 3 is 2.63 bits per heavy atom. The highest BCUT2D eigenvalue weighted by atomic mass is 32.1. The van der Waals surface area contributed by atoms with E-state index in [1.54, 1.807) is 0 Å². The molecular formula is C15H18N2OS. The molecule has 3 nitrogen and oxygen atoms in total. The smallest absolute Gasteiger partial charge is 0.261 e. The minimum Gasteiger partial charge on any atom is -0.348 e. The van der Waals surface area contributed by atoms with Crippen molar-refractivity contribution >= 4 is 17.2 Å². The van der Waals surface area contributed by atoms with Crippen LogP contribution in [0.15, 0.2) is 12.1 Å². The van der Waals surface area contributed by atoms with E-state index in [9.17, 15) is 4.79 Å². The molecule has 0 saturated heterocycles. The summed E-state index contributed by atoms with van der Waals surface area (Å²) in [5, 5.41) is 3.23. The summed E-state index contributed by atoms with van der Waals surface area (Å²) in [5.41, 5.74) is 5.34. The Bertz CT molecular complexity index is 520. The highest BCUT2D eigenvalue weighted by Crippen LogP contribution is 2.44. The molecule has 0 unspecified atom stereocenters. The summed E-state index contributed by atoms with van der Waals surface area (Å²) in [7, 11) is 0. The van der Waals surface area contributed by atoms with E-state index in [2.05, 4.69) is 17.2 Å². The molecule has 2 fully saturated rings. The van der Waals surface area contributed by atoms with Crippen molar-refractivity contribution in [2.75, 3.05) is 6.54 Å². The van der Waals surface area contributed by atoms with Crippen molar-refractivity contribution in [2.24, 2.45) is 17.6 Å². The Labute approximate surface area is 117 Å². The molecule has 100 valence electrons. The SMILES string of the molecule is NCC#Cc1ccc(C(=O)NC(C2CC2)C2CC2)s1. The molecule has 2 saturated carbocycles. The van der Waals surface area contributed by atoms with Crippen molar-refractivity contribution in [3.63, 3.8) is 0 Å². The number of carbonyl (C=O) groups excluding carboxylic acids is 1. The molecular weight excluding hydrogens is 256 g/mol. The normalized spacial score (nSPS) is 18.0. The average molecular weight is 274 g/mol. The number of nitrogens with two attached hydrogens (primary N) is 1. The van der Waals surface area contributed by atoms with Crippen molar-refractivity contribution in [1.29, 1.82) is 0 Å². The fourth-order valence-corrected chi connectivity index (χ4v) is 3.20. The summed E-state index contributed by atoms with van der Waals surface area (Å²) in [6, 6.07) is 4.16. The minimum atomic E-state index is 0.0644. The molecule has 0 spiro atoms. The first-order valence-corrected chi connectivity index (χ1v) is 7.69. The van der Waals surface area contributed by atoms with E-state index in [1.807, 2.05) is 12.1 Å². The van der Waals surface area contributed by atoms with Gasteiger partial charge in [0.25, 0.3) is 5.91 Å². The molecule has 1 aromatic rings. The number of carbonyl (C=O) groups is 1. The third kappa shape index (κ3) is 3.17. The van der Waals surface area contributed by atoms with E-state index in [1.165, 1.54) is 37.0 Å². The predicted molar refractivity (Wildman–Crippen MR) is 77.0 cm³/mol. The average Bonchev–Trinajstić information content (AvgIpc) is 3.32. The molecule has 0 aliphatic heterocycles. The maximum Gasteiger partial charge on any atom is 0.261 e. The van der Waals surface area contributed by atoms with Crippen LogP contribution in [0, 0.1) is 23.7 Å². The van der Waals surface area contributed by atoms with Crippen molar-refractivity contribution in [2.45, 2.75) is 31.7 Å². The van der Waals surface area contributed by atoms with Crippen LogP contribution in [-0.4, -0.2) is 18.5 Å². The van der Waals surface area contributed by atoms with Crippen LogP contribution in [0.25, 0.3) is 0 Å². The number of rotatable bonds is 4. The molecule has 0 aromatic carbocycles. The number of hydrogen-bond donors (Lipinski definition) is 2. The highest BCUT2D eigenvalue weighted by Gasteiger charge is 2.42. The zero-order valence-electron chi connectivity index (χ0n) is 10.8. The second-order valence-electron chi connectivity index (χ2n) is 5.34. The van der Waals surface area contributed by atoms with Gasteiger partial charge in [0, 0.05) is 6.04 Å². The zero-order chi connectivity index (χ0) is 13.2. The van der Waals surface area contributed by atoms with E-state index in [4.69, 9.17) is 5.73 Å². The van der Waals surface area contributed by atoms with Crippen molar-refractivity contribution < 1.29 is 4.79 Å². The van der Waals surface area contributed by atoms with Crippen LogP contribution in [0.5, 0.6) is 0 Å². The summed E-state index contributed by atoms with van der Waals surface area (Å²) in [6.07, 6.45) is 5.11. The fourth-order valence-electron chi connectivity index (χ4n) is 2.42. The molecule has 3 rings (SSSR count). The van der Waals surface area contributed by atoms with Crippen LogP contribution >= 0.6 is 11.3 Å². The first-order valence-electron chi connectivity index (χ1n) is 6.87. The van der Waals surface area contributed by atoms with E-state index in [0.717, 1.165) is 21.6 Å². The van der Waals surface area contributed by atoms with Gasteiger partial charge in [-0.3, -0.25) is 4.79 Å². The van der Waals surface area contributed by atoms with Gasteiger partial charge in [0.15, 0.2) is 0 Å². The molecule has 0 radical (unpaired) electrons. The lowest BCUT2D eigenvalue weighted by Gasteiger charge is -2.16. The lowest BCUT2D eigenvalue weighted by molar-refractivity contribution is 0.0930. The number of thiophene rings is 1. The molecule has 19 heavy (non-hydrogen) atoms. The Kier molecular flexibility index (Phi) is 3.58. The van der Waals surface area contributed by atoms with Crippen LogP contribution in [-0.2, 0) is 0 Å². The maximum atomic E-state index is 12.2. The molecule has 2 aliphatic rings. The predicted octanol–water partition coefficient (Wildman–Crippen LogP) is 1.98. The van der Waals surface area contributed by atoms with Gasteiger partial charge in [0.1, 0.15) is 0 Å². The van der Waals surface area contributed by atoms with E-state index in [-0.39, 0.29) is 5.91 Å². The summed E-state index contributed by atoms with van der Waals surface area (Å²) in [5.74, 6) is 7.30. The third-order valence-electron chi connectivity index (χ3n) is 3.70. The third-order valence-corrected chi connectivity index (χ3v) is 4.70. The van der Waals surface area contributed by atoms with Gasteiger partial charge in [0.2, 0.25) is 0 Å². The van der Waals surface area contributed by atoms with Gasteiger partial charge >= 0.3 is 0 Å². The van der Waals surface area contributed by atoms with Gasteiger partial charge in [-0.05, 0) is 49.7 Å². The van der Waals surface area contributed by atoms with Gasteiger partial charge in [-0.2, -0.15) is 0 Å². The Morgan fingerprint density at radius 1 is 1.37 bits per heavy atom. The summed E-state index contributed by atoms with van der Waals surface area (Å²) < 4.78 is 0. The standard InChI is InChI=1S/C15H18N2OS/c16-9-1-2-12-7-8-13(19-12)15(18)17-14(10-3-4-10)11-5-6-11/h7-8,10-11,14H,3-6,9,16H2,(H,17,18). The van der Waals surface area contributed by atoms with E-state index < -0.39 is 0 Å². The van der Waals surface area contributed by atoms with Crippen LogP contribution in [0.2, 0.25) is 0 Å². The maximum absolute atomic E-state index is 12.2. The zero-order valence-corrected chi connectivity index (χ0v) is 11.6. The van der Waals surface area contributed by atoms with Crippen molar-refractivity contribution in [1.82, 2.24) is 5.32 Å². The lowest BCUT2D eigenvalue weighted by atomic mass is 10.1. The van der Waals surface area contributed by atoms with Crippen LogP contribution < -0.4 is 11.1 Å². The van der Waals surface area contributed by atoms with Crippen molar-refractivity contribution in [3.05, 3.63) is 21.9 Å². The molecule has 0 atom stereocenters. The van der Waals surface area contributed by atoms with Gasteiger partial charge in [-0.15, -0.1) is 11.3 Å². The summed E-state index contributed by atoms with van der Waals surface area (Å²) in [4.78, 5) is 13.9. The topological polar surface area (TPSA) is 55.1 Å². The van der Waals surface area contributed by atoms with Gasteiger partial charge in [-0.25, -0.2) is 0 Å². The Hall–Kier alpha value is -1.31. The molecule has 2 aliphatic carbocycles. The molecule has 3 N–H and O–H groups in total. The molecule has 1 amide bonds. The monoisotopic (exact) mass is 274 g/mol. The van der Waals surface area contributed by atoms with Crippen LogP contribution in [0.3, 0.4) is 0 Å².